The van der Waals surface area contributed by atoms with E-state index in [-0.39, 0.29) is 18.5 Å². The second kappa shape index (κ2) is 9.64. The van der Waals surface area contributed by atoms with E-state index in [0.29, 0.717) is 24.8 Å². The van der Waals surface area contributed by atoms with Crippen molar-refractivity contribution in [2.45, 2.75) is 59.4 Å². The van der Waals surface area contributed by atoms with Crippen molar-refractivity contribution in [3.63, 3.8) is 0 Å². The van der Waals surface area contributed by atoms with E-state index in [4.69, 9.17) is 5.11 Å². The zero-order valence-electron chi connectivity index (χ0n) is 12.5. The molecule has 0 aromatic heterocycles. The van der Waals surface area contributed by atoms with Gasteiger partial charge in [-0.1, -0.05) is 20.8 Å². The van der Waals surface area contributed by atoms with E-state index < -0.39 is 5.97 Å². The largest absolute Gasteiger partial charge is 0.481 e. The van der Waals surface area contributed by atoms with Gasteiger partial charge in [0, 0.05) is 19.0 Å². The van der Waals surface area contributed by atoms with Crippen molar-refractivity contribution in [3.05, 3.63) is 0 Å². The van der Waals surface area contributed by atoms with E-state index in [1.807, 2.05) is 13.8 Å². The Kier molecular flexibility index (Phi) is 9.00. The molecule has 5 heteroatoms. The Balaban J connectivity index is 3.92. The van der Waals surface area contributed by atoms with Crippen LogP contribution in [0.5, 0.6) is 0 Å². The van der Waals surface area contributed by atoms with Crippen molar-refractivity contribution in [3.8, 4) is 0 Å². The number of carbonyl (C=O) groups excluding carboxylic acids is 1. The van der Waals surface area contributed by atoms with Crippen LogP contribution >= 0.6 is 0 Å². The Labute approximate surface area is 116 Å². The van der Waals surface area contributed by atoms with Crippen molar-refractivity contribution in [2.24, 2.45) is 11.8 Å². The highest BCUT2D eigenvalue weighted by molar-refractivity contribution is 5.74. The number of carboxylic acid groups (broad SMARTS) is 1. The molecular weight excluding hydrogens is 244 g/mol. The van der Waals surface area contributed by atoms with Gasteiger partial charge in [0.15, 0.2) is 0 Å². The highest BCUT2D eigenvalue weighted by Crippen LogP contribution is 2.20. The fourth-order valence-electron chi connectivity index (χ4n) is 1.87. The summed E-state index contributed by atoms with van der Waals surface area (Å²) in [6.45, 7) is 8.75. The first-order chi connectivity index (χ1) is 8.86. The topological polar surface area (TPSA) is 78.4 Å². The lowest BCUT2D eigenvalue weighted by Crippen LogP contribution is -2.41. The molecule has 5 nitrogen and oxygen atoms in total. The molecule has 0 bridgehead atoms. The molecule has 0 fully saturated rings. The number of urea groups is 1. The van der Waals surface area contributed by atoms with E-state index in [1.54, 1.807) is 0 Å². The molecule has 3 N–H and O–H groups in total. The van der Waals surface area contributed by atoms with Crippen LogP contribution in [0.15, 0.2) is 0 Å². The average Bonchev–Trinajstić information content (AvgIpc) is 2.32. The third kappa shape index (κ3) is 9.33. The molecule has 0 heterocycles. The normalized spacial score (nSPS) is 13.9. The fourth-order valence-corrected chi connectivity index (χ4v) is 1.87. The first-order valence-corrected chi connectivity index (χ1v) is 7.12. The molecule has 19 heavy (non-hydrogen) atoms. The van der Waals surface area contributed by atoms with E-state index >= 15 is 0 Å². The molecule has 0 aromatic carbocycles. The van der Waals surface area contributed by atoms with Gasteiger partial charge < -0.3 is 15.7 Å². The van der Waals surface area contributed by atoms with E-state index in [9.17, 15) is 9.59 Å². The lowest BCUT2D eigenvalue weighted by molar-refractivity contribution is -0.137. The smallest absolute Gasteiger partial charge is 0.314 e. The van der Waals surface area contributed by atoms with Crippen molar-refractivity contribution in [1.29, 1.82) is 0 Å². The summed E-state index contributed by atoms with van der Waals surface area (Å²) in [5, 5.41) is 14.4. The maximum Gasteiger partial charge on any atom is 0.314 e. The van der Waals surface area contributed by atoms with Gasteiger partial charge in [0.05, 0.1) is 0 Å². The minimum absolute atomic E-state index is 0.143. The quantitative estimate of drug-likeness (QED) is 0.603. The molecule has 0 aliphatic rings. The predicted molar refractivity (Wildman–Crippen MR) is 76.1 cm³/mol. The van der Waals surface area contributed by atoms with Crippen molar-refractivity contribution >= 4 is 12.0 Å². The van der Waals surface area contributed by atoms with E-state index in [2.05, 4.69) is 24.5 Å². The highest BCUT2D eigenvalue weighted by Gasteiger charge is 2.15. The number of aliphatic carboxylic acids is 1. The second-order valence-corrected chi connectivity index (χ2v) is 5.43. The first-order valence-electron chi connectivity index (χ1n) is 7.12. The third-order valence-corrected chi connectivity index (χ3v) is 3.46. The van der Waals surface area contributed by atoms with Gasteiger partial charge in [-0.25, -0.2) is 4.79 Å². The number of rotatable bonds is 9. The second-order valence-electron chi connectivity index (χ2n) is 5.43. The summed E-state index contributed by atoms with van der Waals surface area (Å²) in [7, 11) is 0. The third-order valence-electron chi connectivity index (χ3n) is 3.46. The summed E-state index contributed by atoms with van der Waals surface area (Å²) in [6.07, 6.45) is 2.59. The summed E-state index contributed by atoms with van der Waals surface area (Å²) in [6, 6.07) is 0.0306. The van der Waals surface area contributed by atoms with Gasteiger partial charge in [0.25, 0.3) is 0 Å². The molecule has 2 amide bonds. The van der Waals surface area contributed by atoms with Crippen molar-refractivity contribution in [2.75, 3.05) is 6.54 Å². The predicted octanol–water partition coefficient (Wildman–Crippen LogP) is 2.61. The number of hydrogen-bond donors (Lipinski definition) is 3. The van der Waals surface area contributed by atoms with Crippen LogP contribution in [-0.4, -0.2) is 29.7 Å². The van der Waals surface area contributed by atoms with Crippen LogP contribution in [0.25, 0.3) is 0 Å². The minimum atomic E-state index is -0.756. The summed E-state index contributed by atoms with van der Waals surface area (Å²) < 4.78 is 0. The van der Waals surface area contributed by atoms with Crippen LogP contribution in [0.1, 0.15) is 53.4 Å². The summed E-state index contributed by atoms with van der Waals surface area (Å²) >= 11 is 0. The van der Waals surface area contributed by atoms with Gasteiger partial charge in [-0.05, 0) is 38.0 Å². The number of amides is 2. The molecule has 0 aliphatic heterocycles. The number of hydrogen-bond acceptors (Lipinski definition) is 2. The molecular formula is C14H28N2O3. The first kappa shape index (κ1) is 17.7. The molecule has 112 valence electrons. The summed E-state index contributed by atoms with van der Waals surface area (Å²) in [4.78, 5) is 22.1. The van der Waals surface area contributed by atoms with Gasteiger partial charge >= 0.3 is 12.0 Å². The molecule has 0 saturated carbocycles. The molecule has 0 saturated heterocycles. The molecule has 0 radical (unpaired) electrons. The Morgan fingerprint density at radius 2 is 1.79 bits per heavy atom. The zero-order chi connectivity index (χ0) is 14.8. The van der Waals surface area contributed by atoms with Crippen LogP contribution in [0.2, 0.25) is 0 Å². The lowest BCUT2D eigenvalue weighted by atomic mass is 9.88. The number of carbonyl (C=O) groups is 2. The molecule has 0 rings (SSSR count). The Morgan fingerprint density at radius 3 is 2.26 bits per heavy atom. The minimum Gasteiger partial charge on any atom is -0.481 e. The Morgan fingerprint density at radius 1 is 1.16 bits per heavy atom. The van der Waals surface area contributed by atoms with E-state index in [1.165, 1.54) is 0 Å². The number of carboxylic acids is 1. The van der Waals surface area contributed by atoms with Gasteiger partial charge in [0.2, 0.25) is 0 Å². The molecule has 0 spiro atoms. The number of nitrogens with one attached hydrogen (secondary N) is 2. The van der Waals surface area contributed by atoms with Crippen LogP contribution < -0.4 is 10.6 Å². The van der Waals surface area contributed by atoms with E-state index in [0.717, 1.165) is 12.8 Å². The average molecular weight is 272 g/mol. The maximum atomic E-state index is 11.5. The zero-order valence-corrected chi connectivity index (χ0v) is 12.5. The Hall–Kier alpha value is -1.26. The molecule has 2 atom stereocenters. The van der Waals surface area contributed by atoms with Crippen molar-refractivity contribution in [1.82, 2.24) is 10.6 Å². The van der Waals surface area contributed by atoms with Crippen LogP contribution in [0.3, 0.4) is 0 Å². The SMILES string of the molecule is CCC(C)NC(=O)NCCC(CCC(=O)O)C(C)C. The van der Waals surface area contributed by atoms with Crippen LogP contribution in [0, 0.1) is 11.8 Å². The molecule has 2 unspecified atom stereocenters. The van der Waals surface area contributed by atoms with Gasteiger partial charge in [0.1, 0.15) is 0 Å². The van der Waals surface area contributed by atoms with Gasteiger partial charge in [-0.3, -0.25) is 4.79 Å². The van der Waals surface area contributed by atoms with Crippen LogP contribution in [-0.2, 0) is 4.79 Å². The molecule has 0 aliphatic carbocycles. The molecule has 0 aromatic rings. The summed E-state index contributed by atoms with van der Waals surface area (Å²) in [5.41, 5.74) is 0. The standard InChI is InChI=1S/C14H28N2O3/c1-5-11(4)16-14(19)15-9-8-12(10(2)3)6-7-13(17)18/h10-12H,5-9H2,1-4H3,(H,17,18)(H2,15,16,19). The van der Waals surface area contributed by atoms with Crippen LogP contribution in [0.4, 0.5) is 4.79 Å². The fraction of sp³-hybridized carbons (Fsp3) is 0.857. The Bertz CT molecular complexity index is 280. The summed E-state index contributed by atoms with van der Waals surface area (Å²) in [5.74, 6) is 0.00639. The monoisotopic (exact) mass is 272 g/mol. The van der Waals surface area contributed by atoms with Gasteiger partial charge in [-0.2, -0.15) is 0 Å². The lowest BCUT2D eigenvalue weighted by Gasteiger charge is -2.20. The maximum absolute atomic E-state index is 11.5. The highest BCUT2D eigenvalue weighted by atomic mass is 16.4. The van der Waals surface area contributed by atoms with Crippen molar-refractivity contribution < 1.29 is 14.7 Å². The van der Waals surface area contributed by atoms with Gasteiger partial charge in [-0.15, -0.1) is 0 Å².